The van der Waals surface area contributed by atoms with Crippen molar-refractivity contribution in [2.45, 2.75) is 64.6 Å². The molecule has 0 saturated heterocycles. The number of amides is 4. The van der Waals surface area contributed by atoms with Gasteiger partial charge in [0.1, 0.15) is 5.82 Å². The second kappa shape index (κ2) is 11.5. The molecule has 4 amide bonds. The highest BCUT2D eigenvalue weighted by atomic mass is 19.1. The Kier molecular flexibility index (Phi) is 9.05. The van der Waals surface area contributed by atoms with Crippen molar-refractivity contribution in [2.75, 3.05) is 13.1 Å². The van der Waals surface area contributed by atoms with Crippen molar-refractivity contribution in [1.29, 1.82) is 0 Å². The molecule has 160 valence electrons. The van der Waals surface area contributed by atoms with Gasteiger partial charge in [-0.3, -0.25) is 19.8 Å². The minimum Gasteiger partial charge on any atom is -0.351 e. The molecule has 0 radical (unpaired) electrons. The SMILES string of the molecule is CCN(CC(=O)NCc1ccc(F)cc1)C(C)C(=O)NC(=O)NC1CCCCC1. The van der Waals surface area contributed by atoms with E-state index in [0.717, 1.165) is 31.2 Å². The standard InChI is InChI=1S/C21H31FN4O3/c1-3-26(14-19(27)23-13-16-9-11-17(22)12-10-16)15(2)20(28)25-21(29)24-18-7-5-4-6-8-18/h9-12,15,18H,3-8,13-14H2,1-2H3,(H,23,27)(H2,24,25,28,29). The fourth-order valence-electron chi connectivity index (χ4n) is 3.42. The summed E-state index contributed by atoms with van der Waals surface area (Å²) in [6.07, 6.45) is 5.24. The molecule has 29 heavy (non-hydrogen) atoms. The van der Waals surface area contributed by atoms with Crippen LogP contribution in [0.1, 0.15) is 51.5 Å². The highest BCUT2D eigenvalue weighted by Gasteiger charge is 2.24. The number of hydrogen-bond donors (Lipinski definition) is 3. The molecule has 1 aromatic carbocycles. The van der Waals surface area contributed by atoms with Crippen molar-refractivity contribution in [2.24, 2.45) is 0 Å². The summed E-state index contributed by atoms with van der Waals surface area (Å²) in [5.74, 6) is -1.02. The molecule has 0 aliphatic heterocycles. The Morgan fingerprint density at radius 3 is 2.41 bits per heavy atom. The number of carbonyl (C=O) groups is 3. The molecule has 0 bridgehead atoms. The second-order valence-electron chi connectivity index (χ2n) is 7.44. The number of rotatable bonds is 8. The number of nitrogens with zero attached hydrogens (tertiary/aromatic N) is 1. The first-order valence-electron chi connectivity index (χ1n) is 10.3. The second-order valence-corrected chi connectivity index (χ2v) is 7.44. The average molecular weight is 407 g/mol. The average Bonchev–Trinajstić information content (AvgIpc) is 2.71. The van der Waals surface area contributed by atoms with Crippen LogP contribution in [0.2, 0.25) is 0 Å². The molecule has 7 nitrogen and oxygen atoms in total. The van der Waals surface area contributed by atoms with Gasteiger partial charge in [0.2, 0.25) is 11.8 Å². The van der Waals surface area contributed by atoms with Crippen LogP contribution in [0.15, 0.2) is 24.3 Å². The molecule has 1 atom stereocenters. The van der Waals surface area contributed by atoms with Gasteiger partial charge in [0, 0.05) is 12.6 Å². The maximum atomic E-state index is 12.9. The fraction of sp³-hybridized carbons (Fsp3) is 0.571. The molecule has 3 N–H and O–H groups in total. The van der Waals surface area contributed by atoms with E-state index in [2.05, 4.69) is 16.0 Å². The molecule has 0 heterocycles. The molecule has 1 aliphatic rings. The minimum atomic E-state index is -0.631. The number of carbonyl (C=O) groups excluding carboxylic acids is 3. The summed E-state index contributed by atoms with van der Waals surface area (Å²) in [7, 11) is 0. The Hall–Kier alpha value is -2.48. The summed E-state index contributed by atoms with van der Waals surface area (Å²) in [5.41, 5.74) is 0.785. The lowest BCUT2D eigenvalue weighted by molar-refractivity contribution is -0.127. The highest BCUT2D eigenvalue weighted by Crippen LogP contribution is 2.17. The molecule has 1 aromatic rings. The Balaban J connectivity index is 1.77. The normalized spacial score (nSPS) is 15.6. The quantitative estimate of drug-likeness (QED) is 0.618. The molecule has 1 unspecified atom stereocenters. The van der Waals surface area contributed by atoms with Gasteiger partial charge in [0.05, 0.1) is 12.6 Å². The van der Waals surface area contributed by atoms with Gasteiger partial charge in [-0.1, -0.05) is 38.3 Å². The third-order valence-electron chi connectivity index (χ3n) is 5.26. The summed E-state index contributed by atoms with van der Waals surface area (Å²) in [6.45, 7) is 4.29. The van der Waals surface area contributed by atoms with Crippen LogP contribution in [0.4, 0.5) is 9.18 Å². The summed E-state index contributed by atoms with van der Waals surface area (Å²) in [4.78, 5) is 38.4. The van der Waals surface area contributed by atoms with Crippen LogP contribution in [0.3, 0.4) is 0 Å². The number of likely N-dealkylation sites (N-methyl/N-ethyl adjacent to an activating group) is 1. The van der Waals surface area contributed by atoms with Gasteiger partial charge in [-0.25, -0.2) is 9.18 Å². The van der Waals surface area contributed by atoms with Crippen LogP contribution < -0.4 is 16.0 Å². The van der Waals surface area contributed by atoms with Crippen molar-refractivity contribution >= 4 is 17.8 Å². The number of imide groups is 1. The van der Waals surface area contributed by atoms with Gasteiger partial charge in [0.15, 0.2) is 0 Å². The Bertz CT molecular complexity index is 690. The third-order valence-corrected chi connectivity index (χ3v) is 5.26. The first kappa shape index (κ1) is 22.8. The highest BCUT2D eigenvalue weighted by molar-refractivity contribution is 5.97. The van der Waals surface area contributed by atoms with Crippen molar-refractivity contribution in [3.8, 4) is 0 Å². The van der Waals surface area contributed by atoms with E-state index < -0.39 is 18.0 Å². The lowest BCUT2D eigenvalue weighted by Crippen LogP contribution is -2.53. The summed E-state index contributed by atoms with van der Waals surface area (Å²) < 4.78 is 12.9. The molecule has 1 fully saturated rings. The molecule has 2 rings (SSSR count). The maximum Gasteiger partial charge on any atom is 0.321 e. The van der Waals surface area contributed by atoms with Crippen LogP contribution in [0, 0.1) is 5.82 Å². The summed E-state index contributed by atoms with van der Waals surface area (Å²) in [5, 5.41) is 7.99. The Labute approximate surface area is 171 Å². The van der Waals surface area contributed by atoms with Crippen LogP contribution in [-0.2, 0) is 16.1 Å². The third kappa shape index (κ3) is 7.81. The van der Waals surface area contributed by atoms with Crippen molar-refractivity contribution in [3.63, 3.8) is 0 Å². The van der Waals surface area contributed by atoms with E-state index in [9.17, 15) is 18.8 Å². The lowest BCUT2D eigenvalue weighted by atomic mass is 9.96. The predicted molar refractivity (Wildman–Crippen MR) is 109 cm³/mol. The number of nitrogens with one attached hydrogen (secondary N) is 3. The summed E-state index contributed by atoms with van der Waals surface area (Å²) >= 11 is 0. The first-order chi connectivity index (χ1) is 13.9. The van der Waals surface area contributed by atoms with Gasteiger partial charge < -0.3 is 10.6 Å². The van der Waals surface area contributed by atoms with Crippen LogP contribution in [0.5, 0.6) is 0 Å². The van der Waals surface area contributed by atoms with Crippen LogP contribution in [-0.4, -0.2) is 47.9 Å². The Morgan fingerprint density at radius 1 is 1.14 bits per heavy atom. The predicted octanol–water partition coefficient (Wildman–Crippen LogP) is 2.31. The summed E-state index contributed by atoms with van der Waals surface area (Å²) in [6, 6.07) is 4.89. The van der Waals surface area contributed by atoms with E-state index in [-0.39, 0.29) is 30.9 Å². The van der Waals surface area contributed by atoms with E-state index in [1.165, 1.54) is 18.6 Å². The van der Waals surface area contributed by atoms with Crippen LogP contribution in [0.25, 0.3) is 0 Å². The molecular formula is C21H31FN4O3. The number of benzene rings is 1. The number of urea groups is 1. The van der Waals surface area contributed by atoms with Gasteiger partial charge in [0.25, 0.3) is 0 Å². The smallest absolute Gasteiger partial charge is 0.321 e. The molecule has 0 spiro atoms. The van der Waals surface area contributed by atoms with Gasteiger partial charge in [-0.2, -0.15) is 0 Å². The van der Waals surface area contributed by atoms with E-state index in [1.807, 2.05) is 6.92 Å². The largest absolute Gasteiger partial charge is 0.351 e. The Morgan fingerprint density at radius 2 is 1.79 bits per heavy atom. The maximum absolute atomic E-state index is 12.9. The zero-order chi connectivity index (χ0) is 21.2. The van der Waals surface area contributed by atoms with Crippen molar-refractivity contribution in [1.82, 2.24) is 20.9 Å². The lowest BCUT2D eigenvalue weighted by Gasteiger charge is -2.27. The van der Waals surface area contributed by atoms with Gasteiger partial charge in [-0.05, 0) is 44.0 Å². The minimum absolute atomic E-state index is 0.0243. The zero-order valence-electron chi connectivity index (χ0n) is 17.2. The molecule has 1 saturated carbocycles. The van der Waals surface area contributed by atoms with Gasteiger partial charge >= 0.3 is 6.03 Å². The van der Waals surface area contributed by atoms with Crippen molar-refractivity contribution < 1.29 is 18.8 Å². The fourth-order valence-corrected chi connectivity index (χ4v) is 3.42. The molecule has 1 aliphatic carbocycles. The van der Waals surface area contributed by atoms with E-state index in [0.29, 0.717) is 6.54 Å². The number of hydrogen-bond acceptors (Lipinski definition) is 4. The van der Waals surface area contributed by atoms with Gasteiger partial charge in [-0.15, -0.1) is 0 Å². The van der Waals surface area contributed by atoms with E-state index in [4.69, 9.17) is 0 Å². The zero-order valence-corrected chi connectivity index (χ0v) is 17.2. The van der Waals surface area contributed by atoms with Crippen molar-refractivity contribution in [3.05, 3.63) is 35.6 Å². The molecular weight excluding hydrogens is 375 g/mol. The topological polar surface area (TPSA) is 90.5 Å². The monoisotopic (exact) mass is 406 g/mol. The van der Waals surface area contributed by atoms with Crippen LogP contribution >= 0.6 is 0 Å². The number of halogens is 1. The van der Waals surface area contributed by atoms with E-state index >= 15 is 0 Å². The molecule has 0 aromatic heterocycles. The first-order valence-corrected chi connectivity index (χ1v) is 10.3. The van der Waals surface area contributed by atoms with E-state index in [1.54, 1.807) is 24.0 Å². The molecule has 8 heteroatoms.